The van der Waals surface area contributed by atoms with Crippen molar-refractivity contribution in [3.63, 3.8) is 0 Å². The Labute approximate surface area is 80.9 Å². The summed E-state index contributed by atoms with van der Waals surface area (Å²) >= 11 is 3.21. The molecule has 0 aromatic heterocycles. The molecule has 0 aliphatic rings. The normalized spacial score (nSPS) is 10.8. The molecule has 1 rings (SSSR count). The van der Waals surface area contributed by atoms with Crippen LogP contribution < -0.4 is 0 Å². The van der Waals surface area contributed by atoms with E-state index in [1.807, 2.05) is 35.3 Å². The lowest BCUT2D eigenvalue weighted by atomic mass is 10.1. The number of halogens is 1. The Morgan fingerprint density at radius 3 is 2.25 bits per heavy atom. The molecule has 0 saturated carbocycles. The van der Waals surface area contributed by atoms with E-state index in [-0.39, 0.29) is 6.61 Å². The summed E-state index contributed by atoms with van der Waals surface area (Å²) in [5.41, 5.74) is 2.21. The highest BCUT2D eigenvalue weighted by Gasteiger charge is 1.90. The molecule has 0 bridgehead atoms. The van der Waals surface area contributed by atoms with Crippen molar-refractivity contribution in [2.75, 3.05) is 0 Å². The minimum atomic E-state index is 0.120. The summed E-state index contributed by atoms with van der Waals surface area (Å²) < 4.78 is 0. The van der Waals surface area contributed by atoms with Crippen LogP contribution in [0.3, 0.4) is 0 Å². The molecule has 0 unspecified atom stereocenters. The van der Waals surface area contributed by atoms with Gasteiger partial charge >= 0.3 is 0 Å². The maximum atomic E-state index is 8.78. The monoisotopic (exact) mass is 226 g/mol. The third kappa shape index (κ3) is 2.80. The first kappa shape index (κ1) is 9.49. The largest absolute Gasteiger partial charge is 0.392 e. The van der Waals surface area contributed by atoms with Gasteiger partial charge in [-0.25, -0.2) is 0 Å². The molecule has 12 heavy (non-hydrogen) atoms. The summed E-state index contributed by atoms with van der Waals surface area (Å²) in [6.07, 6.45) is 2.96. The molecule has 0 aliphatic heterocycles. The fourth-order valence-electron chi connectivity index (χ4n) is 0.961. The molecule has 0 atom stereocenters. The van der Waals surface area contributed by atoms with Gasteiger partial charge in [-0.1, -0.05) is 46.3 Å². The van der Waals surface area contributed by atoms with Gasteiger partial charge in [0, 0.05) is 0 Å². The third-order valence-corrected chi connectivity index (χ3v) is 2.02. The molecule has 1 aromatic carbocycles. The quantitative estimate of drug-likeness (QED) is 0.841. The lowest BCUT2D eigenvalue weighted by Crippen LogP contribution is -1.84. The lowest BCUT2D eigenvalue weighted by molar-refractivity contribution is 0.282. The van der Waals surface area contributed by atoms with Gasteiger partial charge in [-0.05, 0) is 22.5 Å². The first-order valence-electron chi connectivity index (χ1n) is 3.80. The zero-order chi connectivity index (χ0) is 8.81. The van der Waals surface area contributed by atoms with Gasteiger partial charge in [-0.2, -0.15) is 0 Å². The van der Waals surface area contributed by atoms with Gasteiger partial charge in [0.25, 0.3) is 0 Å². The third-order valence-electron chi connectivity index (χ3n) is 1.65. The van der Waals surface area contributed by atoms with E-state index in [1.54, 1.807) is 0 Å². The van der Waals surface area contributed by atoms with Crippen LogP contribution in [0.2, 0.25) is 0 Å². The van der Waals surface area contributed by atoms with Crippen LogP contribution in [0, 0.1) is 0 Å². The van der Waals surface area contributed by atoms with Crippen LogP contribution in [-0.4, -0.2) is 5.11 Å². The van der Waals surface area contributed by atoms with E-state index in [4.69, 9.17) is 5.11 Å². The predicted octanol–water partition coefficient (Wildman–Crippen LogP) is 2.63. The minimum absolute atomic E-state index is 0.120. The molecule has 0 amide bonds. The Hall–Kier alpha value is -0.600. The maximum Gasteiger partial charge on any atom is 0.0681 e. The van der Waals surface area contributed by atoms with E-state index in [2.05, 4.69) is 15.9 Å². The van der Waals surface area contributed by atoms with Crippen LogP contribution >= 0.6 is 15.9 Å². The molecule has 0 heterocycles. The number of hydrogen-bond acceptors (Lipinski definition) is 1. The highest BCUT2D eigenvalue weighted by atomic mass is 79.9. The van der Waals surface area contributed by atoms with E-state index in [0.717, 1.165) is 12.0 Å². The van der Waals surface area contributed by atoms with Gasteiger partial charge in [-0.15, -0.1) is 0 Å². The summed E-state index contributed by atoms with van der Waals surface area (Å²) in [7, 11) is 0. The second kappa shape index (κ2) is 5.12. The molecule has 1 nitrogen and oxygen atoms in total. The zero-order valence-corrected chi connectivity index (χ0v) is 8.29. The first-order chi connectivity index (χ1) is 5.86. The van der Waals surface area contributed by atoms with Crippen molar-refractivity contribution < 1.29 is 5.11 Å². The van der Waals surface area contributed by atoms with Crippen molar-refractivity contribution in [2.45, 2.75) is 13.0 Å². The summed E-state index contributed by atoms with van der Waals surface area (Å²) in [6, 6.07) is 7.94. The van der Waals surface area contributed by atoms with Crippen molar-refractivity contribution >= 4 is 15.9 Å². The van der Waals surface area contributed by atoms with Gasteiger partial charge in [0.05, 0.1) is 6.61 Å². The SMILES string of the molecule is OCc1ccc(CC=CBr)cc1. The van der Waals surface area contributed by atoms with Gasteiger partial charge < -0.3 is 5.11 Å². The molecule has 0 fully saturated rings. The molecule has 64 valence electrons. The number of allylic oxidation sites excluding steroid dienone is 1. The number of hydrogen-bond donors (Lipinski definition) is 1. The fraction of sp³-hybridized carbons (Fsp3) is 0.200. The number of rotatable bonds is 3. The smallest absolute Gasteiger partial charge is 0.0681 e. The highest BCUT2D eigenvalue weighted by Crippen LogP contribution is 2.05. The summed E-state index contributed by atoms with van der Waals surface area (Å²) in [5.74, 6) is 0. The Morgan fingerprint density at radius 2 is 1.75 bits per heavy atom. The van der Waals surface area contributed by atoms with Gasteiger partial charge in [0.1, 0.15) is 0 Å². The van der Waals surface area contributed by atoms with Crippen molar-refractivity contribution in [1.82, 2.24) is 0 Å². The van der Waals surface area contributed by atoms with E-state index in [9.17, 15) is 0 Å². The van der Waals surface area contributed by atoms with E-state index in [0.29, 0.717) is 0 Å². The van der Waals surface area contributed by atoms with E-state index < -0.39 is 0 Å². The number of aliphatic hydroxyl groups excluding tert-OH is 1. The molecule has 1 aromatic rings. The summed E-state index contributed by atoms with van der Waals surface area (Å²) in [4.78, 5) is 1.85. The van der Waals surface area contributed by atoms with Crippen LogP contribution in [0.4, 0.5) is 0 Å². The molecule has 0 saturated heterocycles. The standard InChI is InChI=1S/C10H11BrO/c11-7-1-2-9-3-5-10(8-12)6-4-9/h1,3-7,12H,2,8H2. The second-order valence-corrected chi connectivity index (χ2v) is 3.07. The molecular formula is C10H11BrO. The lowest BCUT2D eigenvalue weighted by Gasteiger charge is -1.98. The molecule has 1 N–H and O–H groups in total. The molecule has 0 spiro atoms. The van der Waals surface area contributed by atoms with Gasteiger partial charge in [0.15, 0.2) is 0 Å². The average molecular weight is 227 g/mol. The Morgan fingerprint density at radius 1 is 1.17 bits per heavy atom. The highest BCUT2D eigenvalue weighted by molar-refractivity contribution is 9.11. The van der Waals surface area contributed by atoms with E-state index >= 15 is 0 Å². The topological polar surface area (TPSA) is 20.2 Å². The summed E-state index contributed by atoms with van der Waals surface area (Å²) in [5, 5.41) is 8.78. The van der Waals surface area contributed by atoms with Crippen molar-refractivity contribution in [3.8, 4) is 0 Å². The van der Waals surface area contributed by atoms with Gasteiger partial charge in [0.2, 0.25) is 0 Å². The molecule has 2 heteroatoms. The fourth-order valence-corrected chi connectivity index (χ4v) is 1.15. The Balaban J connectivity index is 2.64. The van der Waals surface area contributed by atoms with Gasteiger partial charge in [-0.3, -0.25) is 0 Å². The molecule has 0 radical (unpaired) electrons. The van der Waals surface area contributed by atoms with Crippen LogP contribution in [0.15, 0.2) is 35.3 Å². The maximum absolute atomic E-state index is 8.78. The molecular weight excluding hydrogens is 216 g/mol. The second-order valence-electron chi connectivity index (χ2n) is 2.54. The van der Waals surface area contributed by atoms with Crippen LogP contribution in [0.25, 0.3) is 0 Å². The average Bonchev–Trinajstić information content (AvgIpc) is 2.15. The number of benzene rings is 1. The van der Waals surface area contributed by atoms with Crippen molar-refractivity contribution in [1.29, 1.82) is 0 Å². The Bertz CT molecular complexity index is 251. The predicted molar refractivity (Wildman–Crippen MR) is 54.1 cm³/mol. The first-order valence-corrected chi connectivity index (χ1v) is 4.72. The summed E-state index contributed by atoms with van der Waals surface area (Å²) in [6.45, 7) is 0.120. The Kier molecular flexibility index (Phi) is 4.05. The van der Waals surface area contributed by atoms with E-state index in [1.165, 1.54) is 5.56 Å². The van der Waals surface area contributed by atoms with Crippen molar-refractivity contribution in [2.24, 2.45) is 0 Å². The van der Waals surface area contributed by atoms with Crippen LogP contribution in [-0.2, 0) is 13.0 Å². The number of aliphatic hydroxyl groups is 1. The van der Waals surface area contributed by atoms with Crippen molar-refractivity contribution in [3.05, 3.63) is 46.5 Å². The van der Waals surface area contributed by atoms with Crippen LogP contribution in [0.5, 0.6) is 0 Å². The zero-order valence-electron chi connectivity index (χ0n) is 6.70. The van der Waals surface area contributed by atoms with Crippen LogP contribution in [0.1, 0.15) is 11.1 Å². The molecule has 0 aliphatic carbocycles. The minimum Gasteiger partial charge on any atom is -0.392 e.